The van der Waals surface area contributed by atoms with Crippen LogP contribution in [-0.4, -0.2) is 103 Å². The molecule has 0 aromatic heterocycles. The second-order valence-electron chi connectivity index (χ2n) is 4.15. The molecule has 1 fully saturated rings. The van der Waals surface area contributed by atoms with Crippen molar-refractivity contribution in [1.82, 2.24) is 0 Å². The quantitative estimate of drug-likeness (QED) is 0.573. The molecule has 16 heavy (non-hydrogen) atoms. The van der Waals surface area contributed by atoms with Crippen molar-refractivity contribution in [2.45, 2.75) is 39.0 Å². The third-order valence-electron chi connectivity index (χ3n) is 3.31. The summed E-state index contributed by atoms with van der Waals surface area (Å²) in [5, 5.41) is 17.9. The maximum absolute atomic E-state index is 11.0. The summed E-state index contributed by atoms with van der Waals surface area (Å²) < 4.78 is 0. The second-order valence-corrected chi connectivity index (χ2v) is 4.15. The molecule has 0 amide bonds. The number of hydrogen-bond donors (Lipinski definition) is 2. The Morgan fingerprint density at radius 1 is 1.06 bits per heavy atom. The van der Waals surface area contributed by atoms with Gasteiger partial charge < -0.3 is 10.2 Å². The van der Waals surface area contributed by atoms with Crippen molar-refractivity contribution >= 4 is 92.9 Å². The van der Waals surface area contributed by atoms with Gasteiger partial charge in [0.25, 0.3) is 0 Å². The zero-order valence-corrected chi connectivity index (χ0v) is 8.32. The molecule has 0 aromatic rings. The summed E-state index contributed by atoms with van der Waals surface area (Å²) in [6.45, 7) is 1.33. The topological polar surface area (TPSA) is 74.6 Å². The van der Waals surface area contributed by atoms with Crippen LogP contribution < -0.4 is 0 Å². The summed E-state index contributed by atoms with van der Waals surface area (Å²) in [6, 6.07) is 0. The Bertz CT molecular complexity index is 237. The Kier molecular flexibility index (Phi) is 10.7. The van der Waals surface area contributed by atoms with E-state index in [4.69, 9.17) is 10.2 Å². The third kappa shape index (κ3) is 4.35. The third-order valence-corrected chi connectivity index (χ3v) is 3.31. The van der Waals surface area contributed by atoms with Gasteiger partial charge in [0.2, 0.25) is 0 Å². The molecule has 0 aromatic carbocycles. The summed E-state index contributed by atoms with van der Waals surface area (Å²) >= 11 is 0. The van der Waals surface area contributed by atoms with Gasteiger partial charge in [-0.3, -0.25) is 9.59 Å². The molecule has 0 bridgehead atoms. The van der Waals surface area contributed by atoms with Crippen molar-refractivity contribution in [2.24, 2.45) is 11.3 Å². The Morgan fingerprint density at radius 3 is 1.75 bits per heavy atom. The zero-order valence-electron chi connectivity index (χ0n) is 8.32. The normalized spacial score (nSPS) is 16.8. The summed E-state index contributed by atoms with van der Waals surface area (Å²) in [5.41, 5.74) is -1.60. The first kappa shape index (κ1) is 19.9. The van der Waals surface area contributed by atoms with Gasteiger partial charge in [-0.25, -0.2) is 0 Å². The molecular formula is C10H18KNaO4. The van der Waals surface area contributed by atoms with E-state index in [9.17, 15) is 9.59 Å². The molecule has 4 nitrogen and oxygen atoms in total. The number of carboxylic acids is 2. The first-order valence-corrected chi connectivity index (χ1v) is 4.96. The number of aliphatic carboxylic acids is 2. The van der Waals surface area contributed by atoms with Crippen LogP contribution in [0.1, 0.15) is 39.0 Å². The molecule has 1 rings (SSSR count). The van der Waals surface area contributed by atoms with Crippen molar-refractivity contribution in [2.75, 3.05) is 0 Å². The SMILES string of the molecule is CC(C(=O)O)(C(=O)O)C1CCCCC1.[KH].[NaH]. The monoisotopic (exact) mass is 264 g/mol. The van der Waals surface area contributed by atoms with Gasteiger partial charge in [-0.15, -0.1) is 0 Å². The molecule has 0 heterocycles. The summed E-state index contributed by atoms with van der Waals surface area (Å²) in [6.07, 6.45) is 4.41. The molecule has 0 unspecified atom stereocenters. The van der Waals surface area contributed by atoms with E-state index in [-0.39, 0.29) is 86.9 Å². The van der Waals surface area contributed by atoms with Crippen molar-refractivity contribution in [1.29, 1.82) is 0 Å². The molecule has 1 saturated carbocycles. The summed E-state index contributed by atoms with van der Waals surface area (Å²) in [5.74, 6) is -2.64. The Hall–Kier alpha value is 1.58. The number of rotatable bonds is 3. The van der Waals surface area contributed by atoms with E-state index >= 15 is 0 Å². The fourth-order valence-electron chi connectivity index (χ4n) is 2.12. The minimum absolute atomic E-state index is 0. The van der Waals surface area contributed by atoms with Crippen LogP contribution in [0.2, 0.25) is 0 Å². The molecule has 0 radical (unpaired) electrons. The molecule has 0 spiro atoms. The van der Waals surface area contributed by atoms with Gasteiger partial charge in [0.1, 0.15) is 0 Å². The molecule has 0 aliphatic heterocycles. The fourth-order valence-corrected chi connectivity index (χ4v) is 2.12. The molecule has 6 heteroatoms. The van der Waals surface area contributed by atoms with Crippen molar-refractivity contribution in [3.63, 3.8) is 0 Å². The molecule has 1 aliphatic carbocycles. The van der Waals surface area contributed by atoms with Crippen LogP contribution in [-0.2, 0) is 9.59 Å². The van der Waals surface area contributed by atoms with Crippen LogP contribution >= 0.6 is 0 Å². The van der Waals surface area contributed by atoms with Crippen LogP contribution in [0.3, 0.4) is 0 Å². The van der Waals surface area contributed by atoms with Crippen LogP contribution in [0.4, 0.5) is 0 Å². The van der Waals surface area contributed by atoms with Crippen molar-refractivity contribution < 1.29 is 19.8 Å². The van der Waals surface area contributed by atoms with Gasteiger partial charge >= 0.3 is 92.9 Å². The number of hydrogen-bond acceptors (Lipinski definition) is 2. The maximum atomic E-state index is 11.0. The van der Waals surface area contributed by atoms with Gasteiger partial charge in [0.05, 0.1) is 0 Å². The average Bonchev–Trinajstić information content (AvgIpc) is 2.17. The van der Waals surface area contributed by atoms with E-state index in [1.807, 2.05) is 0 Å². The van der Waals surface area contributed by atoms with Crippen molar-refractivity contribution in [3.8, 4) is 0 Å². The first-order valence-electron chi connectivity index (χ1n) is 4.96. The Labute approximate surface area is 160 Å². The van der Waals surface area contributed by atoms with Crippen LogP contribution in [0.25, 0.3) is 0 Å². The van der Waals surface area contributed by atoms with E-state index in [0.29, 0.717) is 0 Å². The Morgan fingerprint density at radius 2 is 1.44 bits per heavy atom. The van der Waals surface area contributed by atoms with E-state index in [1.54, 1.807) is 0 Å². The summed E-state index contributed by atoms with van der Waals surface area (Å²) in [4.78, 5) is 22.0. The molecule has 2 N–H and O–H groups in total. The molecule has 84 valence electrons. The number of carbonyl (C=O) groups is 2. The molecule has 0 atom stereocenters. The molecule has 1 aliphatic rings. The van der Waals surface area contributed by atoms with E-state index < -0.39 is 17.4 Å². The van der Waals surface area contributed by atoms with Gasteiger partial charge in [0, 0.05) is 0 Å². The second kappa shape index (κ2) is 8.64. The van der Waals surface area contributed by atoms with E-state index in [2.05, 4.69) is 0 Å². The van der Waals surface area contributed by atoms with Crippen LogP contribution in [0.5, 0.6) is 0 Å². The standard InChI is InChI=1S/C10H16O4.K.Na.2H/c1-10(8(11)12,9(13)14)7-5-3-2-4-6-7;;;;/h7H,2-6H2,1H3,(H,11,12)(H,13,14);;;;. The first-order chi connectivity index (χ1) is 6.49. The summed E-state index contributed by atoms with van der Waals surface area (Å²) in [7, 11) is 0. The number of carboxylic acid groups (broad SMARTS) is 2. The van der Waals surface area contributed by atoms with Gasteiger partial charge in [-0.1, -0.05) is 19.3 Å². The zero-order chi connectivity index (χ0) is 10.8. The van der Waals surface area contributed by atoms with E-state index in [0.717, 1.165) is 32.1 Å². The van der Waals surface area contributed by atoms with Gasteiger partial charge in [-0.05, 0) is 25.7 Å². The fraction of sp³-hybridized carbons (Fsp3) is 0.800. The predicted molar refractivity (Wildman–Crippen MR) is 64.3 cm³/mol. The van der Waals surface area contributed by atoms with Gasteiger partial charge in [-0.2, -0.15) is 0 Å². The van der Waals surface area contributed by atoms with E-state index in [1.165, 1.54) is 6.92 Å². The van der Waals surface area contributed by atoms with Crippen molar-refractivity contribution in [3.05, 3.63) is 0 Å². The predicted octanol–water partition coefficient (Wildman–Crippen LogP) is 0.445. The Balaban J connectivity index is 0. The van der Waals surface area contributed by atoms with Crippen LogP contribution in [0.15, 0.2) is 0 Å². The average molecular weight is 264 g/mol. The molecule has 0 saturated heterocycles. The molecular weight excluding hydrogens is 246 g/mol. The van der Waals surface area contributed by atoms with Crippen LogP contribution in [0, 0.1) is 11.3 Å². The van der Waals surface area contributed by atoms with Gasteiger partial charge in [0.15, 0.2) is 5.41 Å². The minimum atomic E-state index is -1.60.